The van der Waals surface area contributed by atoms with E-state index in [0.29, 0.717) is 0 Å². The Morgan fingerprint density at radius 2 is 0.733 bits per heavy atom. The van der Waals surface area contributed by atoms with Crippen LogP contribution < -0.4 is 0 Å². The molecular weight excluding hydrogens is 468 g/mol. The molecule has 0 aliphatic rings. The van der Waals surface area contributed by atoms with Crippen molar-refractivity contribution in [1.82, 2.24) is 0 Å². The fourth-order valence-corrected chi connectivity index (χ4v) is 9.33. The van der Waals surface area contributed by atoms with Gasteiger partial charge in [-0.1, -0.05) is 66.2 Å². The van der Waals surface area contributed by atoms with Crippen LogP contribution in [0.25, 0.3) is 0 Å². The lowest BCUT2D eigenvalue weighted by molar-refractivity contribution is 0.591. The smallest absolute Gasteiger partial charge is 0.218 e. The van der Waals surface area contributed by atoms with Gasteiger partial charge in [0, 0.05) is 0 Å². The van der Waals surface area contributed by atoms with Crippen molar-refractivity contribution in [1.29, 1.82) is 0 Å². The number of hydrogen-bond acceptors (Lipinski definition) is 6. The van der Waals surface area contributed by atoms with Crippen molar-refractivity contribution < 1.29 is 25.3 Å². The van der Waals surface area contributed by atoms with E-state index in [1.807, 2.05) is 0 Å². The third kappa shape index (κ3) is 4.06. The van der Waals surface area contributed by atoms with Gasteiger partial charge in [0.15, 0.2) is 8.60 Å². The van der Waals surface area contributed by atoms with Crippen LogP contribution in [-0.2, 0) is 29.5 Å². The lowest BCUT2D eigenvalue weighted by Crippen LogP contribution is -2.19. The monoisotopic (exact) mass is 482 g/mol. The maximum absolute atomic E-state index is 13.3. The summed E-state index contributed by atoms with van der Waals surface area (Å²) < 4.78 is 76.5. The summed E-state index contributed by atoms with van der Waals surface area (Å²) in [4.78, 5) is -1.14. The average molecular weight is 483 g/mol. The normalized spacial score (nSPS) is 12.3. The highest BCUT2D eigenvalue weighted by Crippen LogP contribution is 2.37. The Hall–Kier alpha value is -2.46. The summed E-state index contributed by atoms with van der Waals surface area (Å²) in [6.07, 6.45) is 0. The van der Waals surface area contributed by atoms with Crippen LogP contribution in [0.5, 0.6) is 0 Å². The Bertz CT molecular complexity index is 1330. The molecule has 0 radical (unpaired) electrons. The SMILES string of the molecule is O=S(=O)(C(Cl)=C(S(=O)(=O)c1ccccc1)S(=O)(=O)c1ccccc1)c1ccccc1. The minimum atomic E-state index is -4.82. The molecule has 0 atom stereocenters. The van der Waals surface area contributed by atoms with Crippen LogP contribution in [0.3, 0.4) is 0 Å². The van der Waals surface area contributed by atoms with Gasteiger partial charge in [-0.15, -0.1) is 0 Å². The van der Waals surface area contributed by atoms with Crippen LogP contribution in [0.15, 0.2) is 114 Å². The predicted molar refractivity (Wildman–Crippen MR) is 114 cm³/mol. The Morgan fingerprint density at radius 1 is 0.467 bits per heavy atom. The van der Waals surface area contributed by atoms with Gasteiger partial charge in [-0.05, 0) is 36.4 Å². The second-order valence-electron chi connectivity index (χ2n) is 6.01. The van der Waals surface area contributed by atoms with E-state index in [1.54, 1.807) is 6.07 Å². The van der Waals surface area contributed by atoms with Crippen molar-refractivity contribution in [3.63, 3.8) is 0 Å². The standard InChI is InChI=1S/C20H15ClO6S3/c21-19(28(22,23)16-10-4-1-5-11-16)20(29(24,25)17-12-6-2-7-13-17)30(26,27)18-14-8-3-9-15-18/h1-15H. The first-order chi connectivity index (χ1) is 14.1. The Morgan fingerprint density at radius 3 is 1.03 bits per heavy atom. The molecule has 3 aromatic carbocycles. The van der Waals surface area contributed by atoms with E-state index < -0.39 is 47.9 Å². The quantitative estimate of drug-likeness (QED) is 0.529. The summed E-state index contributed by atoms with van der Waals surface area (Å²) in [7, 11) is -14.3. The molecule has 0 spiro atoms. The fourth-order valence-electron chi connectivity index (χ4n) is 2.58. The second-order valence-corrected chi connectivity index (χ2v) is 12.5. The summed E-state index contributed by atoms with van der Waals surface area (Å²) in [5.74, 6) is 0. The van der Waals surface area contributed by atoms with E-state index in [2.05, 4.69) is 0 Å². The second kappa shape index (κ2) is 8.35. The molecule has 0 unspecified atom stereocenters. The summed E-state index contributed by atoms with van der Waals surface area (Å²) >= 11 is 6.08. The number of halogens is 1. The van der Waals surface area contributed by atoms with Crippen molar-refractivity contribution in [2.75, 3.05) is 0 Å². The predicted octanol–water partition coefficient (Wildman–Crippen LogP) is 3.77. The van der Waals surface area contributed by atoms with Gasteiger partial charge < -0.3 is 0 Å². The molecule has 0 aromatic heterocycles. The lowest BCUT2D eigenvalue weighted by atomic mass is 10.4. The van der Waals surface area contributed by atoms with E-state index in [1.165, 1.54) is 60.7 Å². The Kier molecular flexibility index (Phi) is 6.19. The third-order valence-corrected chi connectivity index (χ3v) is 11.4. The highest BCUT2D eigenvalue weighted by molar-refractivity contribution is 8.15. The first-order valence-corrected chi connectivity index (χ1v) is 13.2. The number of benzene rings is 3. The van der Waals surface area contributed by atoms with Crippen LogP contribution in [0, 0.1) is 0 Å². The molecule has 0 saturated carbocycles. The number of rotatable bonds is 6. The first kappa shape index (κ1) is 22.2. The van der Waals surface area contributed by atoms with Crippen molar-refractivity contribution in [3.05, 3.63) is 99.6 Å². The van der Waals surface area contributed by atoms with E-state index in [-0.39, 0.29) is 4.90 Å². The molecular formula is C20H15ClO6S3. The van der Waals surface area contributed by atoms with Gasteiger partial charge in [-0.2, -0.15) is 0 Å². The lowest BCUT2D eigenvalue weighted by Gasteiger charge is -2.13. The van der Waals surface area contributed by atoms with Gasteiger partial charge >= 0.3 is 0 Å². The molecule has 0 N–H and O–H groups in total. The maximum Gasteiger partial charge on any atom is 0.220 e. The van der Waals surface area contributed by atoms with Crippen molar-refractivity contribution in [2.24, 2.45) is 0 Å². The molecule has 3 aromatic rings. The molecule has 0 heterocycles. The Labute approximate surface area is 180 Å². The van der Waals surface area contributed by atoms with Crippen LogP contribution in [-0.4, -0.2) is 25.3 Å². The fraction of sp³-hybridized carbons (Fsp3) is 0. The van der Waals surface area contributed by atoms with Gasteiger partial charge in [-0.25, -0.2) is 25.3 Å². The van der Waals surface area contributed by atoms with Crippen molar-refractivity contribution in [3.8, 4) is 0 Å². The number of sulfone groups is 3. The molecule has 6 nitrogen and oxygen atoms in total. The van der Waals surface area contributed by atoms with Gasteiger partial charge in [0.25, 0.3) is 0 Å². The zero-order valence-electron chi connectivity index (χ0n) is 15.2. The molecule has 0 amide bonds. The topological polar surface area (TPSA) is 102 Å². The van der Waals surface area contributed by atoms with Gasteiger partial charge in [0.2, 0.25) is 29.5 Å². The molecule has 0 aliphatic carbocycles. The molecule has 0 aliphatic heterocycles. The molecule has 3 rings (SSSR count). The van der Waals surface area contributed by atoms with Crippen LogP contribution in [0.4, 0.5) is 0 Å². The van der Waals surface area contributed by atoms with Gasteiger partial charge in [-0.3, -0.25) is 0 Å². The summed E-state index contributed by atoms with van der Waals surface area (Å²) in [6, 6.07) is 20.0. The van der Waals surface area contributed by atoms with Gasteiger partial charge in [0.1, 0.15) is 0 Å². The molecule has 156 valence electrons. The van der Waals surface area contributed by atoms with Gasteiger partial charge in [0.05, 0.1) is 14.7 Å². The summed E-state index contributed by atoms with van der Waals surface area (Å²) in [6.45, 7) is 0. The Balaban J connectivity index is 2.41. The minimum Gasteiger partial charge on any atom is -0.218 e. The average Bonchev–Trinajstić information content (AvgIpc) is 2.75. The molecule has 0 bridgehead atoms. The molecule has 10 heteroatoms. The zero-order valence-corrected chi connectivity index (χ0v) is 18.4. The first-order valence-electron chi connectivity index (χ1n) is 8.40. The molecule has 0 saturated heterocycles. The van der Waals surface area contributed by atoms with Crippen LogP contribution in [0.1, 0.15) is 0 Å². The van der Waals surface area contributed by atoms with Crippen LogP contribution in [0.2, 0.25) is 0 Å². The summed E-state index contributed by atoms with van der Waals surface area (Å²) in [5, 5.41) is 0. The van der Waals surface area contributed by atoms with E-state index in [0.717, 1.165) is 24.3 Å². The maximum atomic E-state index is 13.3. The van der Waals surface area contributed by atoms with E-state index in [9.17, 15) is 25.3 Å². The van der Waals surface area contributed by atoms with Crippen molar-refractivity contribution >= 4 is 41.1 Å². The zero-order chi connectivity index (χ0) is 22.0. The molecule has 30 heavy (non-hydrogen) atoms. The highest BCUT2D eigenvalue weighted by atomic mass is 35.5. The molecule has 0 fully saturated rings. The van der Waals surface area contributed by atoms with E-state index in [4.69, 9.17) is 11.6 Å². The van der Waals surface area contributed by atoms with E-state index >= 15 is 0 Å². The minimum absolute atomic E-state index is 0.334. The largest absolute Gasteiger partial charge is 0.220 e. The summed E-state index contributed by atoms with van der Waals surface area (Å²) in [5.41, 5.74) is 0. The van der Waals surface area contributed by atoms with Crippen LogP contribution >= 0.6 is 11.6 Å². The number of hydrogen-bond donors (Lipinski definition) is 0. The van der Waals surface area contributed by atoms with Crippen molar-refractivity contribution in [2.45, 2.75) is 14.7 Å². The highest BCUT2D eigenvalue weighted by Gasteiger charge is 2.40. The third-order valence-electron chi connectivity index (χ3n) is 4.05.